The second-order valence-corrected chi connectivity index (χ2v) is 4.54. The highest BCUT2D eigenvalue weighted by molar-refractivity contribution is 9.10. The Hall–Kier alpha value is -1.93. The predicted molar refractivity (Wildman–Crippen MR) is 70.8 cm³/mol. The van der Waals surface area contributed by atoms with Gasteiger partial charge in [-0.2, -0.15) is 10.4 Å². The molecule has 0 saturated heterocycles. The third-order valence-electron chi connectivity index (χ3n) is 2.47. The van der Waals surface area contributed by atoms with Crippen LogP contribution in [0, 0.1) is 17.1 Å². The van der Waals surface area contributed by atoms with Gasteiger partial charge in [-0.15, -0.1) is 0 Å². The van der Waals surface area contributed by atoms with Crippen molar-refractivity contribution >= 4 is 27.6 Å². The number of nitrogens with zero attached hydrogens (tertiary/aromatic N) is 3. The first-order valence-corrected chi connectivity index (χ1v) is 5.96. The van der Waals surface area contributed by atoms with Crippen molar-refractivity contribution in [2.24, 2.45) is 7.05 Å². The summed E-state index contributed by atoms with van der Waals surface area (Å²) < 4.78 is 15.6. The molecule has 0 bridgehead atoms. The van der Waals surface area contributed by atoms with E-state index in [0.29, 0.717) is 11.1 Å². The van der Waals surface area contributed by atoms with Crippen molar-refractivity contribution in [3.05, 3.63) is 52.0 Å². The Kier molecular flexibility index (Phi) is 3.58. The van der Waals surface area contributed by atoms with Crippen LogP contribution >= 0.6 is 15.9 Å². The number of allylic oxidation sites excluding steroid dienone is 1. The lowest BCUT2D eigenvalue weighted by molar-refractivity contribution is 0.627. The van der Waals surface area contributed by atoms with E-state index in [4.69, 9.17) is 5.26 Å². The van der Waals surface area contributed by atoms with Crippen LogP contribution in [-0.4, -0.2) is 9.78 Å². The van der Waals surface area contributed by atoms with Crippen LogP contribution in [0.15, 0.2) is 34.9 Å². The average Bonchev–Trinajstić information content (AvgIpc) is 2.66. The molecule has 1 heterocycles. The molecule has 0 spiro atoms. The van der Waals surface area contributed by atoms with Crippen LogP contribution in [0.25, 0.3) is 11.6 Å². The summed E-state index contributed by atoms with van der Waals surface area (Å²) in [5, 5.41) is 13.2. The van der Waals surface area contributed by atoms with Crippen molar-refractivity contribution in [3.63, 3.8) is 0 Å². The van der Waals surface area contributed by atoms with Crippen LogP contribution in [0.4, 0.5) is 4.39 Å². The van der Waals surface area contributed by atoms with E-state index < -0.39 is 0 Å². The maximum absolute atomic E-state index is 13.1. The van der Waals surface area contributed by atoms with Crippen LogP contribution in [0.3, 0.4) is 0 Å². The van der Waals surface area contributed by atoms with Crippen LogP contribution in [-0.2, 0) is 7.05 Å². The molecule has 1 aromatic heterocycles. The summed E-state index contributed by atoms with van der Waals surface area (Å²) in [5.74, 6) is -0.363. The lowest BCUT2D eigenvalue weighted by Crippen LogP contribution is -1.94. The molecule has 0 N–H and O–H groups in total. The molecule has 0 aliphatic carbocycles. The highest BCUT2D eigenvalue weighted by atomic mass is 79.9. The number of rotatable bonds is 2. The summed E-state index contributed by atoms with van der Waals surface area (Å²) in [6, 6.07) is 8.02. The molecular formula is C13H9BrFN3. The van der Waals surface area contributed by atoms with Crippen LogP contribution in [0.2, 0.25) is 0 Å². The van der Waals surface area contributed by atoms with E-state index in [2.05, 4.69) is 27.1 Å². The lowest BCUT2D eigenvalue weighted by atomic mass is 10.1. The molecule has 5 heteroatoms. The fourth-order valence-electron chi connectivity index (χ4n) is 1.56. The van der Waals surface area contributed by atoms with E-state index in [1.54, 1.807) is 36.1 Å². The number of aromatic nitrogens is 2. The summed E-state index contributed by atoms with van der Waals surface area (Å²) in [5.41, 5.74) is 1.69. The van der Waals surface area contributed by atoms with Gasteiger partial charge in [0.15, 0.2) is 0 Å². The third-order valence-corrected chi connectivity index (χ3v) is 3.09. The zero-order chi connectivity index (χ0) is 13.1. The van der Waals surface area contributed by atoms with E-state index in [1.165, 1.54) is 12.1 Å². The number of aryl methyl sites for hydroxylation is 1. The molecule has 0 radical (unpaired) electrons. The molecule has 0 atom stereocenters. The van der Waals surface area contributed by atoms with Crippen molar-refractivity contribution < 1.29 is 4.39 Å². The quantitative estimate of drug-likeness (QED) is 0.798. The van der Waals surface area contributed by atoms with Gasteiger partial charge in [0, 0.05) is 7.05 Å². The number of hydrogen-bond donors (Lipinski definition) is 0. The molecule has 0 aliphatic rings. The fraction of sp³-hybridized carbons (Fsp3) is 0.0769. The number of halogens is 2. The minimum absolute atomic E-state index is 0.363. The normalized spacial score (nSPS) is 11.3. The SMILES string of the molecule is Cn1ncc(Br)c1/C=C(\C#N)c1cccc(F)c1. The highest BCUT2D eigenvalue weighted by Crippen LogP contribution is 2.22. The van der Waals surface area contributed by atoms with Gasteiger partial charge < -0.3 is 0 Å². The Labute approximate surface area is 112 Å². The number of hydrogen-bond acceptors (Lipinski definition) is 2. The zero-order valence-corrected chi connectivity index (χ0v) is 11.1. The van der Waals surface area contributed by atoms with Crippen molar-refractivity contribution in [2.45, 2.75) is 0 Å². The summed E-state index contributed by atoms with van der Waals surface area (Å²) in [7, 11) is 1.77. The summed E-state index contributed by atoms with van der Waals surface area (Å²) in [6.07, 6.45) is 3.32. The van der Waals surface area contributed by atoms with E-state index >= 15 is 0 Å². The van der Waals surface area contributed by atoms with Crippen LogP contribution < -0.4 is 0 Å². The molecule has 0 saturated carbocycles. The standard InChI is InChI=1S/C13H9BrFN3/c1-18-13(12(14)8-17-18)6-10(7-16)9-3-2-4-11(15)5-9/h2-6,8H,1H3/b10-6+. The average molecular weight is 306 g/mol. The van der Waals surface area contributed by atoms with Crippen LogP contribution in [0.5, 0.6) is 0 Å². The Morgan fingerprint density at radius 1 is 1.56 bits per heavy atom. The predicted octanol–water partition coefficient (Wildman–Crippen LogP) is 3.39. The highest BCUT2D eigenvalue weighted by Gasteiger charge is 2.07. The first-order chi connectivity index (χ1) is 8.61. The Bertz CT molecular complexity index is 633. The van der Waals surface area contributed by atoms with Gasteiger partial charge in [0.1, 0.15) is 5.82 Å². The maximum atomic E-state index is 13.1. The van der Waals surface area contributed by atoms with E-state index in [-0.39, 0.29) is 5.82 Å². The van der Waals surface area contributed by atoms with E-state index in [9.17, 15) is 4.39 Å². The third kappa shape index (κ3) is 2.49. The molecule has 1 aromatic carbocycles. The summed E-state index contributed by atoms with van der Waals surface area (Å²) in [4.78, 5) is 0. The molecule has 3 nitrogen and oxygen atoms in total. The van der Waals surface area contributed by atoms with Crippen LogP contribution in [0.1, 0.15) is 11.3 Å². The first-order valence-electron chi connectivity index (χ1n) is 5.17. The first kappa shape index (κ1) is 12.5. The zero-order valence-electron chi connectivity index (χ0n) is 9.56. The molecule has 0 amide bonds. The Balaban J connectivity index is 2.51. The number of nitriles is 1. The van der Waals surface area contributed by atoms with E-state index in [1.807, 2.05) is 0 Å². The van der Waals surface area contributed by atoms with Gasteiger partial charge in [0.25, 0.3) is 0 Å². The minimum atomic E-state index is -0.363. The van der Waals surface area contributed by atoms with Gasteiger partial charge in [0.05, 0.1) is 28.0 Å². The molecule has 2 rings (SSSR count). The minimum Gasteiger partial charge on any atom is -0.267 e. The number of benzene rings is 1. The molecule has 90 valence electrons. The molecular weight excluding hydrogens is 297 g/mol. The fourth-order valence-corrected chi connectivity index (χ4v) is 2.02. The second-order valence-electron chi connectivity index (χ2n) is 3.68. The van der Waals surface area contributed by atoms with Crippen molar-refractivity contribution in [2.75, 3.05) is 0 Å². The monoisotopic (exact) mass is 305 g/mol. The largest absolute Gasteiger partial charge is 0.267 e. The lowest BCUT2D eigenvalue weighted by Gasteiger charge is -2.01. The molecule has 0 unspecified atom stereocenters. The second kappa shape index (κ2) is 5.15. The van der Waals surface area contributed by atoms with Gasteiger partial charge in [-0.1, -0.05) is 12.1 Å². The van der Waals surface area contributed by atoms with E-state index in [0.717, 1.165) is 10.2 Å². The molecule has 2 aromatic rings. The Morgan fingerprint density at radius 2 is 2.33 bits per heavy atom. The molecule has 18 heavy (non-hydrogen) atoms. The van der Waals surface area contributed by atoms with Crippen molar-refractivity contribution in [3.8, 4) is 6.07 Å². The van der Waals surface area contributed by atoms with Crippen molar-refractivity contribution in [1.82, 2.24) is 9.78 Å². The van der Waals surface area contributed by atoms with Gasteiger partial charge in [0.2, 0.25) is 0 Å². The summed E-state index contributed by atoms with van der Waals surface area (Å²) >= 11 is 3.35. The van der Waals surface area contributed by atoms with Gasteiger partial charge in [-0.3, -0.25) is 4.68 Å². The smallest absolute Gasteiger partial charge is 0.123 e. The topological polar surface area (TPSA) is 41.6 Å². The molecule has 0 fully saturated rings. The Morgan fingerprint density at radius 3 is 2.89 bits per heavy atom. The van der Waals surface area contributed by atoms with Gasteiger partial charge >= 0.3 is 0 Å². The van der Waals surface area contributed by atoms with Crippen molar-refractivity contribution in [1.29, 1.82) is 5.26 Å². The van der Waals surface area contributed by atoms with Gasteiger partial charge in [-0.25, -0.2) is 4.39 Å². The maximum Gasteiger partial charge on any atom is 0.123 e. The molecule has 0 aliphatic heterocycles. The van der Waals surface area contributed by atoms with Gasteiger partial charge in [-0.05, 0) is 39.7 Å². The summed E-state index contributed by atoms with van der Waals surface area (Å²) in [6.45, 7) is 0.